The number of nitrogens with zero attached hydrogens (tertiary/aromatic N) is 1. The summed E-state index contributed by atoms with van der Waals surface area (Å²) in [5.41, 5.74) is 6.12. The highest BCUT2D eigenvalue weighted by molar-refractivity contribution is 7.25. The lowest BCUT2D eigenvalue weighted by Crippen LogP contribution is -2.11. The van der Waals surface area contributed by atoms with Crippen LogP contribution in [-0.4, -0.2) is 0 Å². The molecule has 0 unspecified atom stereocenters. The van der Waals surface area contributed by atoms with Crippen molar-refractivity contribution in [1.29, 1.82) is 0 Å². The summed E-state index contributed by atoms with van der Waals surface area (Å²) in [6.07, 6.45) is 0. The zero-order chi connectivity index (χ0) is 25.4. The van der Waals surface area contributed by atoms with Gasteiger partial charge >= 0.3 is 0 Å². The van der Waals surface area contributed by atoms with Gasteiger partial charge in [-0.25, -0.2) is 0 Å². The standard InChI is InChI=1S/C36H25NS/c1-22-18-23(2)20-28(19-22)37(27-14-17-34-31(21-27)29-8-3-4-9-33(29)38-34)32-16-13-26-11-10-24-6-5-7-25-12-15-30(32)36(26)35(24)25/h3-21H,1-2H3. The lowest BCUT2D eigenvalue weighted by molar-refractivity contribution is 1.27. The van der Waals surface area contributed by atoms with E-state index in [1.807, 2.05) is 11.3 Å². The molecule has 0 saturated carbocycles. The third kappa shape index (κ3) is 3.17. The van der Waals surface area contributed by atoms with Crippen LogP contribution in [0.2, 0.25) is 0 Å². The summed E-state index contributed by atoms with van der Waals surface area (Å²) in [6, 6.07) is 42.9. The second-order valence-electron chi connectivity index (χ2n) is 10.4. The summed E-state index contributed by atoms with van der Waals surface area (Å²) in [7, 11) is 0. The molecule has 7 aromatic carbocycles. The summed E-state index contributed by atoms with van der Waals surface area (Å²) < 4.78 is 2.66. The van der Waals surface area contributed by atoms with Crippen LogP contribution in [0.3, 0.4) is 0 Å². The predicted octanol–water partition coefficient (Wildman–Crippen LogP) is 11.0. The van der Waals surface area contributed by atoms with Gasteiger partial charge < -0.3 is 4.90 Å². The average molecular weight is 504 g/mol. The number of anilines is 3. The molecule has 0 amide bonds. The molecule has 0 fully saturated rings. The Labute approximate surface area is 225 Å². The summed E-state index contributed by atoms with van der Waals surface area (Å²) >= 11 is 1.87. The molecule has 0 N–H and O–H groups in total. The van der Waals surface area contributed by atoms with Crippen LogP contribution in [0.5, 0.6) is 0 Å². The van der Waals surface area contributed by atoms with Gasteiger partial charge in [-0.1, -0.05) is 72.8 Å². The van der Waals surface area contributed by atoms with E-state index in [1.165, 1.54) is 80.7 Å². The van der Waals surface area contributed by atoms with E-state index in [0.717, 1.165) is 0 Å². The van der Waals surface area contributed by atoms with Crippen LogP contribution in [-0.2, 0) is 0 Å². The lowest BCUT2D eigenvalue weighted by atomic mass is 9.93. The van der Waals surface area contributed by atoms with Crippen LogP contribution in [0.4, 0.5) is 17.1 Å². The molecule has 0 radical (unpaired) electrons. The van der Waals surface area contributed by atoms with Gasteiger partial charge in [-0.2, -0.15) is 0 Å². The van der Waals surface area contributed by atoms with Crippen LogP contribution < -0.4 is 4.90 Å². The third-order valence-electron chi connectivity index (χ3n) is 7.83. The first-order valence-corrected chi connectivity index (χ1v) is 13.9. The summed E-state index contributed by atoms with van der Waals surface area (Å²) in [6.45, 7) is 4.38. The van der Waals surface area contributed by atoms with Crippen molar-refractivity contribution in [3.8, 4) is 0 Å². The normalized spacial score (nSPS) is 11.9. The van der Waals surface area contributed by atoms with Crippen LogP contribution in [0.1, 0.15) is 11.1 Å². The molecule has 0 aliphatic heterocycles. The molecule has 8 aromatic rings. The molecular formula is C36H25NS. The number of hydrogen-bond donors (Lipinski definition) is 0. The van der Waals surface area contributed by atoms with Gasteiger partial charge in [-0.15, -0.1) is 11.3 Å². The molecule has 0 aliphatic carbocycles. The average Bonchev–Trinajstić information content (AvgIpc) is 3.30. The van der Waals surface area contributed by atoms with Gasteiger partial charge in [0.25, 0.3) is 0 Å². The maximum absolute atomic E-state index is 2.46. The molecule has 0 saturated heterocycles. The first-order valence-electron chi connectivity index (χ1n) is 13.1. The Morgan fingerprint density at radius 1 is 0.474 bits per heavy atom. The zero-order valence-corrected chi connectivity index (χ0v) is 22.1. The van der Waals surface area contributed by atoms with Gasteiger partial charge in [0.2, 0.25) is 0 Å². The fourth-order valence-electron chi connectivity index (χ4n) is 6.28. The Morgan fingerprint density at radius 2 is 1.16 bits per heavy atom. The van der Waals surface area contributed by atoms with Crippen molar-refractivity contribution in [2.45, 2.75) is 13.8 Å². The van der Waals surface area contributed by atoms with E-state index in [-0.39, 0.29) is 0 Å². The molecule has 1 nitrogen and oxygen atoms in total. The van der Waals surface area contributed by atoms with Gasteiger partial charge in [0, 0.05) is 36.9 Å². The topological polar surface area (TPSA) is 3.24 Å². The number of fused-ring (bicyclic) bond motifs is 3. The summed E-state index contributed by atoms with van der Waals surface area (Å²) in [5, 5.41) is 10.5. The second kappa shape index (κ2) is 8.05. The number of benzene rings is 7. The number of hydrogen-bond acceptors (Lipinski definition) is 2. The number of thiophene rings is 1. The van der Waals surface area contributed by atoms with Gasteiger partial charge in [-0.05, 0) is 94.4 Å². The first-order chi connectivity index (χ1) is 18.6. The van der Waals surface area contributed by atoms with Gasteiger partial charge in [0.05, 0.1) is 5.69 Å². The fraction of sp³-hybridized carbons (Fsp3) is 0.0556. The molecule has 0 atom stereocenters. The highest BCUT2D eigenvalue weighted by Gasteiger charge is 2.19. The van der Waals surface area contributed by atoms with Crippen LogP contribution in [0.25, 0.3) is 52.5 Å². The lowest BCUT2D eigenvalue weighted by Gasteiger charge is -2.28. The Kier molecular flexibility index (Phi) is 4.59. The number of aryl methyl sites for hydroxylation is 2. The molecule has 38 heavy (non-hydrogen) atoms. The molecule has 8 rings (SSSR count). The molecule has 0 spiro atoms. The Balaban J connectivity index is 1.47. The molecule has 1 aromatic heterocycles. The second-order valence-corrected chi connectivity index (χ2v) is 11.5. The first kappa shape index (κ1) is 21.7. The minimum absolute atomic E-state index is 1.18. The monoisotopic (exact) mass is 503 g/mol. The molecule has 1 heterocycles. The fourth-order valence-corrected chi connectivity index (χ4v) is 7.36. The van der Waals surface area contributed by atoms with Crippen molar-refractivity contribution < 1.29 is 0 Å². The van der Waals surface area contributed by atoms with E-state index < -0.39 is 0 Å². The van der Waals surface area contributed by atoms with Gasteiger partial charge in [0.15, 0.2) is 0 Å². The van der Waals surface area contributed by atoms with E-state index in [2.05, 4.69) is 134 Å². The van der Waals surface area contributed by atoms with E-state index in [0.29, 0.717) is 0 Å². The Bertz CT molecular complexity index is 2130. The van der Waals surface area contributed by atoms with Crippen LogP contribution in [0.15, 0.2) is 115 Å². The minimum Gasteiger partial charge on any atom is -0.310 e. The Morgan fingerprint density at radius 3 is 1.97 bits per heavy atom. The van der Waals surface area contributed by atoms with Crippen molar-refractivity contribution in [2.75, 3.05) is 4.90 Å². The van der Waals surface area contributed by atoms with E-state index >= 15 is 0 Å². The van der Waals surface area contributed by atoms with E-state index in [1.54, 1.807) is 0 Å². The molecular weight excluding hydrogens is 478 g/mol. The smallest absolute Gasteiger partial charge is 0.0540 e. The van der Waals surface area contributed by atoms with Crippen molar-refractivity contribution in [1.82, 2.24) is 0 Å². The molecule has 0 bridgehead atoms. The number of rotatable bonds is 3. The Hall–Kier alpha value is -4.40. The van der Waals surface area contributed by atoms with E-state index in [4.69, 9.17) is 0 Å². The maximum Gasteiger partial charge on any atom is 0.0540 e. The minimum atomic E-state index is 1.18. The zero-order valence-electron chi connectivity index (χ0n) is 21.3. The third-order valence-corrected chi connectivity index (χ3v) is 8.98. The van der Waals surface area contributed by atoms with Crippen molar-refractivity contribution in [3.05, 3.63) is 126 Å². The largest absolute Gasteiger partial charge is 0.310 e. The molecule has 180 valence electrons. The molecule has 2 heteroatoms. The SMILES string of the molecule is Cc1cc(C)cc(N(c2ccc3sc4ccccc4c3c2)c2ccc3ccc4cccc5ccc2c3c45)c1. The maximum atomic E-state index is 2.46. The quantitative estimate of drug-likeness (QED) is 0.217. The highest BCUT2D eigenvalue weighted by Crippen LogP contribution is 2.45. The van der Waals surface area contributed by atoms with E-state index in [9.17, 15) is 0 Å². The highest BCUT2D eigenvalue weighted by atomic mass is 32.1. The van der Waals surface area contributed by atoms with Crippen molar-refractivity contribution >= 4 is 80.9 Å². The van der Waals surface area contributed by atoms with Crippen LogP contribution in [0, 0.1) is 13.8 Å². The predicted molar refractivity (Wildman–Crippen MR) is 167 cm³/mol. The van der Waals surface area contributed by atoms with Crippen LogP contribution >= 0.6 is 11.3 Å². The van der Waals surface area contributed by atoms with Crippen molar-refractivity contribution in [2.24, 2.45) is 0 Å². The van der Waals surface area contributed by atoms with Gasteiger partial charge in [-0.3, -0.25) is 0 Å². The summed E-state index contributed by atoms with van der Waals surface area (Å²) in [4.78, 5) is 2.46. The van der Waals surface area contributed by atoms with Crippen molar-refractivity contribution in [3.63, 3.8) is 0 Å². The summed E-state index contributed by atoms with van der Waals surface area (Å²) in [5.74, 6) is 0. The molecule has 0 aliphatic rings. The van der Waals surface area contributed by atoms with Gasteiger partial charge in [0.1, 0.15) is 0 Å².